The number of amides is 1. The standard InChI is InChI=1S/C13H18FNO2S/c1-10(2)18-7-6-15-13(16)9-17-12-5-3-4-11(14)8-12/h3-5,8,10H,6-7,9H2,1-2H3,(H,15,16). The van der Waals surface area contributed by atoms with E-state index in [9.17, 15) is 9.18 Å². The number of hydrogen-bond acceptors (Lipinski definition) is 3. The Morgan fingerprint density at radius 1 is 1.50 bits per heavy atom. The molecule has 18 heavy (non-hydrogen) atoms. The Labute approximate surface area is 111 Å². The first-order chi connectivity index (χ1) is 8.58. The smallest absolute Gasteiger partial charge is 0.257 e. The molecule has 0 saturated carbocycles. The molecule has 1 rings (SSSR count). The number of halogens is 1. The topological polar surface area (TPSA) is 38.3 Å². The van der Waals surface area contributed by atoms with Gasteiger partial charge in [-0.1, -0.05) is 19.9 Å². The molecule has 0 heterocycles. The zero-order valence-corrected chi connectivity index (χ0v) is 11.4. The molecule has 5 heteroatoms. The quantitative estimate of drug-likeness (QED) is 0.774. The normalized spacial score (nSPS) is 10.4. The summed E-state index contributed by atoms with van der Waals surface area (Å²) in [5.41, 5.74) is 0. The van der Waals surface area contributed by atoms with Gasteiger partial charge in [0.25, 0.3) is 5.91 Å². The minimum absolute atomic E-state index is 0.0875. The second kappa shape index (κ2) is 7.97. The van der Waals surface area contributed by atoms with E-state index >= 15 is 0 Å². The molecule has 0 aliphatic rings. The van der Waals surface area contributed by atoms with Gasteiger partial charge in [0.15, 0.2) is 6.61 Å². The minimum Gasteiger partial charge on any atom is -0.484 e. The Morgan fingerprint density at radius 2 is 2.28 bits per heavy atom. The maximum atomic E-state index is 12.8. The van der Waals surface area contributed by atoms with Gasteiger partial charge in [-0.25, -0.2) is 4.39 Å². The lowest BCUT2D eigenvalue weighted by molar-refractivity contribution is -0.122. The largest absolute Gasteiger partial charge is 0.484 e. The number of thioether (sulfide) groups is 1. The second-order valence-corrected chi connectivity index (χ2v) is 5.70. The second-order valence-electron chi connectivity index (χ2n) is 4.02. The minimum atomic E-state index is -0.374. The molecule has 3 nitrogen and oxygen atoms in total. The number of nitrogens with one attached hydrogen (secondary N) is 1. The van der Waals surface area contributed by atoms with E-state index in [1.165, 1.54) is 12.1 Å². The molecular weight excluding hydrogens is 253 g/mol. The van der Waals surface area contributed by atoms with Gasteiger partial charge in [-0.05, 0) is 17.4 Å². The predicted molar refractivity (Wildman–Crippen MR) is 72.5 cm³/mol. The molecule has 0 spiro atoms. The highest BCUT2D eigenvalue weighted by atomic mass is 32.2. The molecule has 0 atom stereocenters. The van der Waals surface area contributed by atoms with Crippen molar-refractivity contribution in [1.29, 1.82) is 0 Å². The van der Waals surface area contributed by atoms with Crippen LogP contribution in [0.4, 0.5) is 4.39 Å². The maximum Gasteiger partial charge on any atom is 0.257 e. The molecule has 0 bridgehead atoms. The van der Waals surface area contributed by atoms with Gasteiger partial charge in [0.1, 0.15) is 11.6 Å². The highest BCUT2D eigenvalue weighted by Gasteiger charge is 2.03. The molecule has 1 amide bonds. The fourth-order valence-corrected chi connectivity index (χ4v) is 1.93. The van der Waals surface area contributed by atoms with Crippen LogP contribution in [0.15, 0.2) is 24.3 Å². The highest BCUT2D eigenvalue weighted by molar-refractivity contribution is 7.99. The summed E-state index contributed by atoms with van der Waals surface area (Å²) in [6, 6.07) is 5.74. The van der Waals surface area contributed by atoms with Crippen molar-refractivity contribution in [3.63, 3.8) is 0 Å². The summed E-state index contributed by atoms with van der Waals surface area (Å²) in [5.74, 6) is 0.676. The van der Waals surface area contributed by atoms with Crippen molar-refractivity contribution >= 4 is 17.7 Å². The SMILES string of the molecule is CC(C)SCCNC(=O)COc1cccc(F)c1. The van der Waals surface area contributed by atoms with Gasteiger partial charge in [0.05, 0.1) is 0 Å². The van der Waals surface area contributed by atoms with Gasteiger partial charge in [0, 0.05) is 18.4 Å². The number of ether oxygens (including phenoxy) is 1. The Kier molecular flexibility index (Phi) is 6.57. The van der Waals surface area contributed by atoms with E-state index in [1.807, 2.05) is 0 Å². The zero-order chi connectivity index (χ0) is 13.4. The van der Waals surface area contributed by atoms with Gasteiger partial charge in [-0.2, -0.15) is 11.8 Å². The first kappa shape index (κ1) is 14.8. The summed E-state index contributed by atoms with van der Waals surface area (Å²) >= 11 is 1.78. The van der Waals surface area contributed by atoms with E-state index in [0.29, 0.717) is 17.5 Å². The third kappa shape index (κ3) is 6.49. The van der Waals surface area contributed by atoms with E-state index in [4.69, 9.17) is 4.74 Å². The molecule has 1 aromatic carbocycles. The van der Waals surface area contributed by atoms with Crippen LogP contribution in [0, 0.1) is 5.82 Å². The fraction of sp³-hybridized carbons (Fsp3) is 0.462. The van der Waals surface area contributed by atoms with Crippen molar-refractivity contribution in [2.24, 2.45) is 0 Å². The summed E-state index contributed by atoms with van der Waals surface area (Å²) in [5, 5.41) is 3.30. The molecule has 0 fully saturated rings. The van der Waals surface area contributed by atoms with Crippen LogP contribution < -0.4 is 10.1 Å². The van der Waals surface area contributed by atoms with Crippen LogP contribution in [-0.2, 0) is 4.79 Å². The lowest BCUT2D eigenvalue weighted by atomic mass is 10.3. The molecule has 0 aromatic heterocycles. The number of carbonyl (C=O) groups is 1. The Hall–Kier alpha value is -1.23. The number of hydrogen-bond donors (Lipinski definition) is 1. The highest BCUT2D eigenvalue weighted by Crippen LogP contribution is 2.11. The van der Waals surface area contributed by atoms with Crippen molar-refractivity contribution in [3.05, 3.63) is 30.1 Å². The van der Waals surface area contributed by atoms with Crippen LogP contribution in [-0.4, -0.2) is 30.1 Å². The monoisotopic (exact) mass is 271 g/mol. The molecule has 0 aliphatic heterocycles. The molecule has 0 saturated heterocycles. The first-order valence-corrected chi connectivity index (χ1v) is 6.89. The molecular formula is C13H18FNO2S. The van der Waals surface area contributed by atoms with Gasteiger partial charge in [-0.3, -0.25) is 4.79 Å². The molecule has 100 valence electrons. The van der Waals surface area contributed by atoms with E-state index < -0.39 is 0 Å². The average molecular weight is 271 g/mol. The first-order valence-electron chi connectivity index (χ1n) is 5.84. The molecule has 1 aromatic rings. The van der Waals surface area contributed by atoms with Crippen LogP contribution in [0.1, 0.15) is 13.8 Å². The molecule has 0 unspecified atom stereocenters. The van der Waals surface area contributed by atoms with Crippen molar-refractivity contribution in [3.8, 4) is 5.75 Å². The summed E-state index contributed by atoms with van der Waals surface area (Å²) in [6.45, 7) is 4.75. The summed E-state index contributed by atoms with van der Waals surface area (Å²) in [6.07, 6.45) is 0. The van der Waals surface area contributed by atoms with Crippen LogP contribution in [0.3, 0.4) is 0 Å². The van der Waals surface area contributed by atoms with Crippen LogP contribution >= 0.6 is 11.8 Å². The molecule has 0 radical (unpaired) electrons. The summed E-state index contributed by atoms with van der Waals surface area (Å²) < 4.78 is 18.0. The van der Waals surface area contributed by atoms with Gasteiger partial charge in [-0.15, -0.1) is 0 Å². The lowest BCUT2D eigenvalue weighted by Crippen LogP contribution is -2.30. The molecule has 1 N–H and O–H groups in total. The van der Waals surface area contributed by atoms with Crippen molar-refractivity contribution in [2.45, 2.75) is 19.1 Å². The van der Waals surface area contributed by atoms with Gasteiger partial charge < -0.3 is 10.1 Å². The molecule has 0 aliphatic carbocycles. The number of carbonyl (C=O) groups excluding carboxylic acids is 1. The Bertz CT molecular complexity index is 385. The lowest BCUT2D eigenvalue weighted by Gasteiger charge is -2.08. The number of benzene rings is 1. The van der Waals surface area contributed by atoms with E-state index in [-0.39, 0.29) is 18.3 Å². The maximum absolute atomic E-state index is 12.8. The Balaban J connectivity index is 2.17. The number of rotatable bonds is 7. The van der Waals surface area contributed by atoms with Crippen molar-refractivity contribution in [1.82, 2.24) is 5.32 Å². The van der Waals surface area contributed by atoms with Gasteiger partial charge in [0.2, 0.25) is 0 Å². The van der Waals surface area contributed by atoms with Crippen LogP contribution in [0.25, 0.3) is 0 Å². The summed E-state index contributed by atoms with van der Waals surface area (Å²) in [7, 11) is 0. The summed E-state index contributed by atoms with van der Waals surface area (Å²) in [4.78, 5) is 11.4. The third-order valence-electron chi connectivity index (χ3n) is 2.04. The Morgan fingerprint density at radius 3 is 2.94 bits per heavy atom. The van der Waals surface area contributed by atoms with Crippen molar-refractivity contribution in [2.75, 3.05) is 18.9 Å². The van der Waals surface area contributed by atoms with E-state index in [0.717, 1.165) is 5.75 Å². The van der Waals surface area contributed by atoms with Crippen LogP contribution in [0.5, 0.6) is 5.75 Å². The zero-order valence-electron chi connectivity index (χ0n) is 10.6. The third-order valence-corrected chi connectivity index (χ3v) is 3.15. The predicted octanol–water partition coefficient (Wildman–Crippen LogP) is 2.46. The average Bonchev–Trinajstić information content (AvgIpc) is 2.32. The van der Waals surface area contributed by atoms with E-state index in [1.54, 1.807) is 23.9 Å². The van der Waals surface area contributed by atoms with E-state index in [2.05, 4.69) is 19.2 Å². The van der Waals surface area contributed by atoms with Crippen LogP contribution in [0.2, 0.25) is 0 Å². The van der Waals surface area contributed by atoms with Gasteiger partial charge >= 0.3 is 0 Å². The fourth-order valence-electron chi connectivity index (χ4n) is 1.24. The van der Waals surface area contributed by atoms with Crippen molar-refractivity contribution < 1.29 is 13.9 Å².